The fourth-order valence-electron chi connectivity index (χ4n) is 1.75. The molecule has 0 atom stereocenters. The highest BCUT2D eigenvalue weighted by molar-refractivity contribution is 5.89. The molecule has 0 saturated heterocycles. The van der Waals surface area contributed by atoms with E-state index in [0.717, 1.165) is 16.7 Å². The van der Waals surface area contributed by atoms with Gasteiger partial charge in [0.25, 0.3) is 0 Å². The van der Waals surface area contributed by atoms with E-state index in [1.165, 1.54) is 0 Å². The molecule has 0 spiro atoms. The highest BCUT2D eigenvalue weighted by Gasteiger charge is 2.02. The quantitative estimate of drug-likeness (QED) is 0.604. The summed E-state index contributed by atoms with van der Waals surface area (Å²) in [5, 5.41) is 0. The Bertz CT molecular complexity index is 618. The maximum absolute atomic E-state index is 11.3. The van der Waals surface area contributed by atoms with Crippen LogP contribution < -0.4 is 0 Å². The van der Waals surface area contributed by atoms with Crippen LogP contribution in [0.15, 0.2) is 54.6 Å². The van der Waals surface area contributed by atoms with Crippen LogP contribution in [0, 0.1) is 11.8 Å². The van der Waals surface area contributed by atoms with Crippen molar-refractivity contribution < 1.29 is 9.53 Å². The summed E-state index contributed by atoms with van der Waals surface area (Å²) in [5.74, 6) is 4.88. The molecule has 0 aromatic heterocycles. The Morgan fingerprint density at radius 2 is 1.74 bits per heavy atom. The number of rotatable bonds is 2. The average molecular weight is 250 g/mol. The summed E-state index contributed by atoms with van der Waals surface area (Å²) in [6.07, 6.45) is 0. The summed E-state index contributed by atoms with van der Waals surface area (Å²) in [6, 6.07) is 17.7. The molecule has 0 bridgehead atoms. The van der Waals surface area contributed by atoms with Crippen LogP contribution >= 0.6 is 0 Å². The van der Waals surface area contributed by atoms with Crippen molar-refractivity contribution in [2.24, 2.45) is 0 Å². The zero-order valence-electron chi connectivity index (χ0n) is 10.7. The maximum atomic E-state index is 11.3. The molecule has 0 radical (unpaired) electrons. The fraction of sp³-hybridized carbons (Fsp3) is 0.118. The molecule has 2 aromatic carbocycles. The van der Waals surface area contributed by atoms with Crippen LogP contribution in [0.4, 0.5) is 0 Å². The molecule has 0 fully saturated rings. The molecule has 2 aromatic rings. The summed E-state index contributed by atoms with van der Waals surface area (Å²) < 4.78 is 4.80. The van der Waals surface area contributed by atoms with Gasteiger partial charge in [-0.15, -0.1) is 0 Å². The largest absolute Gasteiger partial charge is 0.456 e. The molecule has 94 valence electrons. The first-order chi connectivity index (χ1) is 9.31. The molecule has 0 heterocycles. The predicted octanol–water partition coefficient (Wildman–Crippen LogP) is 3.27. The van der Waals surface area contributed by atoms with Gasteiger partial charge in [-0.3, -0.25) is 0 Å². The molecule has 2 nitrogen and oxygen atoms in total. The first-order valence-electron chi connectivity index (χ1n) is 6.14. The zero-order valence-corrected chi connectivity index (χ0v) is 10.7. The lowest BCUT2D eigenvalue weighted by Gasteiger charge is -2.03. The molecule has 0 unspecified atom stereocenters. The second-order valence-corrected chi connectivity index (χ2v) is 3.88. The number of hydrogen-bond donors (Lipinski definition) is 0. The van der Waals surface area contributed by atoms with E-state index in [1.54, 1.807) is 6.92 Å². The lowest BCUT2D eigenvalue weighted by atomic mass is 10.0. The van der Waals surface area contributed by atoms with Crippen molar-refractivity contribution in [3.8, 4) is 23.0 Å². The van der Waals surface area contributed by atoms with Crippen LogP contribution in [0.3, 0.4) is 0 Å². The van der Waals surface area contributed by atoms with Crippen molar-refractivity contribution in [1.82, 2.24) is 0 Å². The van der Waals surface area contributed by atoms with Gasteiger partial charge in [-0.25, -0.2) is 4.79 Å². The molecular formula is C17H14O2. The second-order valence-electron chi connectivity index (χ2n) is 3.88. The van der Waals surface area contributed by atoms with Gasteiger partial charge in [0.15, 0.2) is 0 Å². The molecule has 2 rings (SSSR count). The number of carbonyl (C=O) groups is 1. The number of benzene rings is 2. The SMILES string of the molecule is CCOC(=O)C#Cc1ccccc1-c1ccccc1. The monoisotopic (exact) mass is 250 g/mol. The van der Waals surface area contributed by atoms with E-state index in [2.05, 4.69) is 11.8 Å². The van der Waals surface area contributed by atoms with Gasteiger partial charge < -0.3 is 4.74 Å². The Hall–Kier alpha value is -2.53. The first kappa shape index (κ1) is 12.9. The van der Waals surface area contributed by atoms with E-state index in [-0.39, 0.29) is 0 Å². The van der Waals surface area contributed by atoms with Crippen molar-refractivity contribution in [3.63, 3.8) is 0 Å². The van der Waals surface area contributed by atoms with E-state index < -0.39 is 5.97 Å². The third kappa shape index (κ3) is 3.46. The molecule has 0 aliphatic heterocycles. The predicted molar refractivity (Wildman–Crippen MR) is 75.4 cm³/mol. The van der Waals surface area contributed by atoms with Crippen LogP contribution in [0.5, 0.6) is 0 Å². The number of esters is 1. The Balaban J connectivity index is 2.35. The van der Waals surface area contributed by atoms with Crippen LogP contribution in [-0.4, -0.2) is 12.6 Å². The minimum Gasteiger partial charge on any atom is -0.456 e. The number of hydrogen-bond acceptors (Lipinski definition) is 2. The van der Waals surface area contributed by atoms with E-state index in [4.69, 9.17) is 4.74 Å². The minimum absolute atomic E-state index is 0.341. The third-order valence-electron chi connectivity index (χ3n) is 2.59. The standard InChI is InChI=1S/C17H14O2/c1-2-19-17(18)13-12-15-10-6-7-11-16(15)14-8-4-3-5-9-14/h3-11H,2H2,1H3. The Labute approximate surface area is 113 Å². The Morgan fingerprint density at radius 1 is 1.05 bits per heavy atom. The molecule has 0 aliphatic carbocycles. The first-order valence-corrected chi connectivity index (χ1v) is 6.14. The van der Waals surface area contributed by atoms with Gasteiger partial charge in [-0.05, 0) is 24.1 Å². The lowest BCUT2D eigenvalue weighted by molar-refractivity contribution is -0.136. The summed E-state index contributed by atoms with van der Waals surface area (Å²) >= 11 is 0. The Kier molecular flexibility index (Phi) is 4.36. The summed E-state index contributed by atoms with van der Waals surface area (Å²) in [7, 11) is 0. The normalized spacial score (nSPS) is 9.32. The van der Waals surface area contributed by atoms with Gasteiger partial charge in [0.1, 0.15) is 0 Å². The molecule has 0 N–H and O–H groups in total. The molecule has 0 saturated carbocycles. The van der Waals surface area contributed by atoms with Crippen LogP contribution in [0.25, 0.3) is 11.1 Å². The second kappa shape index (κ2) is 6.42. The third-order valence-corrected chi connectivity index (χ3v) is 2.59. The number of carbonyl (C=O) groups excluding carboxylic acids is 1. The molecular weight excluding hydrogens is 236 g/mol. The van der Waals surface area contributed by atoms with Crippen molar-refractivity contribution in [1.29, 1.82) is 0 Å². The van der Waals surface area contributed by atoms with Crippen LogP contribution in [-0.2, 0) is 9.53 Å². The van der Waals surface area contributed by atoms with Crippen molar-refractivity contribution in [3.05, 3.63) is 60.2 Å². The van der Waals surface area contributed by atoms with Crippen molar-refractivity contribution in [2.75, 3.05) is 6.61 Å². The summed E-state index contributed by atoms with van der Waals surface area (Å²) in [5.41, 5.74) is 2.91. The van der Waals surface area contributed by atoms with Gasteiger partial charge in [-0.2, -0.15) is 0 Å². The van der Waals surface area contributed by atoms with E-state index in [1.807, 2.05) is 54.6 Å². The lowest BCUT2D eigenvalue weighted by Crippen LogP contribution is -1.99. The maximum Gasteiger partial charge on any atom is 0.384 e. The molecule has 2 heteroatoms. The fourth-order valence-corrected chi connectivity index (χ4v) is 1.75. The summed E-state index contributed by atoms with van der Waals surface area (Å²) in [4.78, 5) is 11.3. The highest BCUT2D eigenvalue weighted by atomic mass is 16.5. The smallest absolute Gasteiger partial charge is 0.384 e. The molecule has 19 heavy (non-hydrogen) atoms. The zero-order chi connectivity index (χ0) is 13.5. The van der Waals surface area contributed by atoms with E-state index in [0.29, 0.717) is 6.61 Å². The van der Waals surface area contributed by atoms with Gasteiger partial charge in [0, 0.05) is 11.5 Å². The van der Waals surface area contributed by atoms with Crippen LogP contribution in [0.2, 0.25) is 0 Å². The Morgan fingerprint density at radius 3 is 2.47 bits per heavy atom. The van der Waals surface area contributed by atoms with E-state index in [9.17, 15) is 4.79 Å². The molecule has 0 amide bonds. The van der Waals surface area contributed by atoms with Crippen molar-refractivity contribution >= 4 is 5.97 Å². The minimum atomic E-state index is -0.495. The van der Waals surface area contributed by atoms with Gasteiger partial charge in [0.2, 0.25) is 0 Å². The topological polar surface area (TPSA) is 26.3 Å². The van der Waals surface area contributed by atoms with Crippen molar-refractivity contribution in [2.45, 2.75) is 6.92 Å². The van der Waals surface area contributed by atoms with E-state index >= 15 is 0 Å². The number of ether oxygens (including phenoxy) is 1. The van der Waals surface area contributed by atoms with Gasteiger partial charge in [0.05, 0.1) is 6.61 Å². The van der Waals surface area contributed by atoms with Crippen LogP contribution in [0.1, 0.15) is 12.5 Å². The van der Waals surface area contributed by atoms with Gasteiger partial charge >= 0.3 is 5.97 Å². The highest BCUT2D eigenvalue weighted by Crippen LogP contribution is 2.22. The average Bonchev–Trinajstić information content (AvgIpc) is 2.47. The molecule has 0 aliphatic rings. The summed E-state index contributed by atoms with van der Waals surface area (Å²) in [6.45, 7) is 2.10. The van der Waals surface area contributed by atoms with Gasteiger partial charge in [-0.1, -0.05) is 54.5 Å².